The van der Waals surface area contributed by atoms with E-state index in [-0.39, 0.29) is 17.0 Å². The highest BCUT2D eigenvalue weighted by atomic mass is 32.2. The molecule has 0 bridgehead atoms. The molecule has 2 N–H and O–H groups in total. The Morgan fingerprint density at radius 3 is 2.60 bits per heavy atom. The lowest BCUT2D eigenvalue weighted by molar-refractivity contribution is -0.385. The number of nitro benzene ring substituents is 1. The van der Waals surface area contributed by atoms with Gasteiger partial charge in [0.25, 0.3) is 5.69 Å². The molecule has 0 fully saturated rings. The number of amides is 1. The largest absolute Gasteiger partial charge is 0.366 e. The summed E-state index contributed by atoms with van der Waals surface area (Å²) in [5.74, 6) is -0.0621. The molecule has 7 nitrogen and oxygen atoms in total. The number of sulfone groups is 1. The minimum atomic E-state index is -3.04. The Morgan fingerprint density at radius 2 is 2.10 bits per heavy atom. The van der Waals surface area contributed by atoms with Crippen molar-refractivity contribution in [1.82, 2.24) is 0 Å². The topological polar surface area (TPSA) is 120 Å². The molecule has 9 heteroatoms. The molecule has 0 saturated heterocycles. The number of thioether (sulfide) groups is 1. The summed E-state index contributed by atoms with van der Waals surface area (Å²) in [4.78, 5) is 21.3. The second-order valence-electron chi connectivity index (χ2n) is 4.15. The fourth-order valence-corrected chi connectivity index (χ4v) is 3.69. The summed E-state index contributed by atoms with van der Waals surface area (Å²) < 4.78 is 21.9. The molecule has 0 radical (unpaired) electrons. The maximum Gasteiger partial charge on any atom is 0.274 e. The van der Waals surface area contributed by atoms with E-state index in [1.807, 2.05) is 0 Å². The van der Waals surface area contributed by atoms with Gasteiger partial charge in [-0.25, -0.2) is 8.42 Å². The first-order valence-corrected chi connectivity index (χ1v) is 8.75. The molecule has 0 aliphatic carbocycles. The van der Waals surface area contributed by atoms with Crippen molar-refractivity contribution in [3.8, 4) is 0 Å². The van der Waals surface area contributed by atoms with Gasteiger partial charge in [-0.3, -0.25) is 14.9 Å². The smallest absolute Gasteiger partial charge is 0.274 e. The number of benzene rings is 1. The molecule has 0 aliphatic rings. The number of hydrogen-bond donors (Lipinski definition) is 1. The molecule has 0 heterocycles. The van der Waals surface area contributed by atoms with Crippen LogP contribution < -0.4 is 5.73 Å². The Kier molecular flexibility index (Phi) is 5.52. The Balaban J connectivity index is 2.79. The number of nitrogens with two attached hydrogens (primary N) is 1. The quantitative estimate of drug-likeness (QED) is 0.454. The molecule has 0 unspecified atom stereocenters. The molecule has 0 aromatic heterocycles. The Hall–Kier alpha value is -1.61. The number of rotatable bonds is 7. The van der Waals surface area contributed by atoms with Gasteiger partial charge in [-0.2, -0.15) is 11.8 Å². The van der Waals surface area contributed by atoms with Crippen LogP contribution in [0.1, 0.15) is 15.9 Å². The number of carbonyl (C=O) groups is 1. The van der Waals surface area contributed by atoms with Crippen LogP contribution in [-0.2, 0) is 15.6 Å². The van der Waals surface area contributed by atoms with Crippen LogP contribution in [-0.4, -0.2) is 37.0 Å². The first kappa shape index (κ1) is 16.4. The van der Waals surface area contributed by atoms with Crippen LogP contribution in [0.5, 0.6) is 0 Å². The van der Waals surface area contributed by atoms with E-state index in [1.165, 1.54) is 23.9 Å². The number of hydrogen-bond acceptors (Lipinski definition) is 6. The van der Waals surface area contributed by atoms with E-state index in [0.29, 0.717) is 17.1 Å². The predicted octanol–water partition coefficient (Wildman–Crippen LogP) is 0.972. The number of nitrogens with zero attached hydrogens (tertiary/aromatic N) is 1. The van der Waals surface area contributed by atoms with Gasteiger partial charge in [0.05, 0.1) is 10.7 Å². The van der Waals surface area contributed by atoms with Crippen LogP contribution in [0.4, 0.5) is 5.69 Å². The third-order valence-electron chi connectivity index (χ3n) is 2.42. The van der Waals surface area contributed by atoms with Crippen LogP contribution in [0.3, 0.4) is 0 Å². The highest BCUT2D eigenvalue weighted by Gasteiger charge is 2.16. The van der Waals surface area contributed by atoms with Crippen molar-refractivity contribution in [1.29, 1.82) is 0 Å². The summed E-state index contributed by atoms with van der Waals surface area (Å²) in [5.41, 5.74) is 5.38. The van der Waals surface area contributed by atoms with Gasteiger partial charge in [0.15, 0.2) is 0 Å². The highest BCUT2D eigenvalue weighted by molar-refractivity contribution is 7.99. The molecule has 0 saturated carbocycles. The first-order chi connectivity index (χ1) is 9.20. The SMILES string of the molecule is CS(=O)(=O)CCSCc1ccc(C(N)=O)cc1[N+](=O)[O-]. The van der Waals surface area contributed by atoms with Gasteiger partial charge in [-0.1, -0.05) is 6.07 Å². The number of carbonyl (C=O) groups excluding carboxylic acids is 1. The lowest BCUT2D eigenvalue weighted by atomic mass is 10.1. The van der Waals surface area contributed by atoms with Gasteiger partial charge >= 0.3 is 0 Å². The average molecular weight is 318 g/mol. The third kappa shape index (κ3) is 5.17. The van der Waals surface area contributed by atoms with E-state index in [0.717, 1.165) is 12.3 Å². The molecule has 0 spiro atoms. The van der Waals surface area contributed by atoms with Crippen molar-refractivity contribution in [2.24, 2.45) is 5.73 Å². The minimum absolute atomic E-state index is 0.0187. The fraction of sp³-hybridized carbons (Fsp3) is 0.364. The van der Waals surface area contributed by atoms with Crippen molar-refractivity contribution in [2.75, 3.05) is 17.8 Å². The third-order valence-corrected chi connectivity index (χ3v) is 4.63. The van der Waals surface area contributed by atoms with Crippen LogP contribution in [0.15, 0.2) is 18.2 Å². The molecule has 1 aromatic rings. The van der Waals surface area contributed by atoms with Gasteiger partial charge in [-0.05, 0) is 6.07 Å². The second-order valence-corrected chi connectivity index (χ2v) is 7.51. The van der Waals surface area contributed by atoms with Crippen molar-refractivity contribution >= 4 is 33.2 Å². The first-order valence-electron chi connectivity index (χ1n) is 5.53. The maximum atomic E-state index is 11.0. The summed E-state index contributed by atoms with van der Waals surface area (Å²) >= 11 is 1.28. The molecular weight excluding hydrogens is 304 g/mol. The van der Waals surface area contributed by atoms with Gasteiger partial charge in [0.2, 0.25) is 5.91 Å². The zero-order valence-corrected chi connectivity index (χ0v) is 12.4. The summed E-state index contributed by atoms with van der Waals surface area (Å²) in [6.45, 7) is 0. The van der Waals surface area contributed by atoms with Gasteiger partial charge in [-0.15, -0.1) is 0 Å². The van der Waals surface area contributed by atoms with Crippen LogP contribution in [0.2, 0.25) is 0 Å². The van der Waals surface area contributed by atoms with E-state index < -0.39 is 20.7 Å². The number of primary amides is 1. The monoisotopic (exact) mass is 318 g/mol. The Labute approximate surface area is 120 Å². The molecule has 1 rings (SSSR count). The van der Waals surface area contributed by atoms with Gasteiger partial charge < -0.3 is 5.73 Å². The van der Waals surface area contributed by atoms with Crippen LogP contribution in [0.25, 0.3) is 0 Å². The molecule has 110 valence electrons. The zero-order chi connectivity index (χ0) is 15.3. The second kappa shape index (κ2) is 6.71. The highest BCUT2D eigenvalue weighted by Crippen LogP contribution is 2.24. The lowest BCUT2D eigenvalue weighted by Gasteiger charge is -2.04. The van der Waals surface area contributed by atoms with E-state index in [1.54, 1.807) is 0 Å². The van der Waals surface area contributed by atoms with Crippen molar-refractivity contribution in [3.63, 3.8) is 0 Å². The lowest BCUT2D eigenvalue weighted by Crippen LogP contribution is -2.11. The van der Waals surface area contributed by atoms with Crippen LogP contribution in [0, 0.1) is 10.1 Å². The zero-order valence-electron chi connectivity index (χ0n) is 10.7. The van der Waals surface area contributed by atoms with E-state index >= 15 is 0 Å². The fourth-order valence-electron chi connectivity index (χ4n) is 1.40. The van der Waals surface area contributed by atoms with Gasteiger partial charge in [0.1, 0.15) is 9.84 Å². The van der Waals surface area contributed by atoms with Crippen molar-refractivity contribution in [2.45, 2.75) is 5.75 Å². The Morgan fingerprint density at radius 1 is 1.45 bits per heavy atom. The van der Waals surface area contributed by atoms with Crippen molar-refractivity contribution in [3.05, 3.63) is 39.4 Å². The summed E-state index contributed by atoms with van der Waals surface area (Å²) in [6, 6.07) is 4.02. The predicted molar refractivity (Wildman–Crippen MR) is 77.5 cm³/mol. The maximum absolute atomic E-state index is 11.0. The molecule has 0 aliphatic heterocycles. The summed E-state index contributed by atoms with van der Waals surface area (Å²) in [6.07, 6.45) is 1.14. The molecule has 1 aromatic carbocycles. The normalized spacial score (nSPS) is 11.2. The van der Waals surface area contributed by atoms with E-state index in [4.69, 9.17) is 5.73 Å². The molecule has 0 atom stereocenters. The summed E-state index contributed by atoms with van der Waals surface area (Å²) in [5, 5.41) is 10.9. The van der Waals surface area contributed by atoms with E-state index in [2.05, 4.69) is 0 Å². The Bertz CT molecular complexity index is 628. The number of nitro groups is 1. The molecular formula is C11H14N2O5S2. The summed E-state index contributed by atoms with van der Waals surface area (Å²) in [7, 11) is -3.04. The standard InChI is InChI=1S/C11H14N2O5S2/c1-20(17,18)5-4-19-7-9-3-2-8(11(12)14)6-10(9)13(15)16/h2-3,6H,4-5,7H2,1H3,(H2,12,14). The van der Waals surface area contributed by atoms with Crippen molar-refractivity contribution < 1.29 is 18.1 Å². The van der Waals surface area contributed by atoms with Crippen LogP contribution >= 0.6 is 11.8 Å². The van der Waals surface area contributed by atoms with Gasteiger partial charge in [0, 0.05) is 35.0 Å². The average Bonchev–Trinajstić information content (AvgIpc) is 2.33. The van der Waals surface area contributed by atoms with E-state index in [9.17, 15) is 23.3 Å². The minimum Gasteiger partial charge on any atom is -0.366 e. The molecule has 20 heavy (non-hydrogen) atoms. The molecule has 1 amide bonds.